The molecule has 0 amide bonds. The highest BCUT2D eigenvalue weighted by Crippen LogP contribution is 2.66. The predicted octanol–water partition coefficient (Wildman–Crippen LogP) is 6.68. The van der Waals surface area contributed by atoms with Crippen LogP contribution in [0.15, 0.2) is 23.3 Å². The second-order valence-electron chi connectivity index (χ2n) is 15.1. The van der Waals surface area contributed by atoms with Crippen LogP contribution in [0.25, 0.3) is 0 Å². The third-order valence-corrected chi connectivity index (χ3v) is 12.4. The molecule has 1 aliphatic heterocycles. The van der Waals surface area contributed by atoms with Crippen LogP contribution in [0, 0.1) is 34.5 Å². The summed E-state index contributed by atoms with van der Waals surface area (Å²) < 4.78 is 32.8. The van der Waals surface area contributed by atoms with E-state index in [9.17, 15) is 19.5 Å². The SMILES string of the molecule is COC(=O)O[C@@H]1CC2=CC=C3[C@@H]4CC[C@H]([C@H](C)[C@@H](O)CC(=O)C(C)(C)OC5CCCCO5)[C@@]4(C)CC[C@@H]3[C@@]2(C)[C@@H](OC(=O)OC)C1. The Morgan fingerprint density at radius 1 is 1.00 bits per heavy atom. The molecule has 10 heteroatoms. The minimum atomic E-state index is -1.03. The molecule has 0 aromatic heterocycles. The van der Waals surface area contributed by atoms with Crippen molar-refractivity contribution < 1.29 is 47.9 Å². The van der Waals surface area contributed by atoms with E-state index in [1.165, 1.54) is 19.8 Å². The Bertz CT molecular complexity index is 1220. The minimum Gasteiger partial charge on any atom is -0.438 e. The van der Waals surface area contributed by atoms with Crippen LogP contribution >= 0.6 is 0 Å². The van der Waals surface area contributed by atoms with Gasteiger partial charge in [0.05, 0.1) is 20.3 Å². The highest BCUT2D eigenvalue weighted by atomic mass is 16.7. The molecule has 10 nitrogen and oxygen atoms in total. The van der Waals surface area contributed by atoms with Crippen LogP contribution in [0.3, 0.4) is 0 Å². The molecule has 1 unspecified atom stereocenters. The van der Waals surface area contributed by atoms with Gasteiger partial charge < -0.3 is 33.5 Å². The molecule has 5 aliphatic rings. The lowest BCUT2D eigenvalue weighted by molar-refractivity contribution is -0.215. The number of Topliss-reactive ketones (excluding diaryl/α,β-unsaturated/α-hetero) is 1. The van der Waals surface area contributed by atoms with Gasteiger partial charge in [0, 0.05) is 31.3 Å². The van der Waals surface area contributed by atoms with Crippen LogP contribution < -0.4 is 0 Å². The largest absolute Gasteiger partial charge is 0.508 e. The van der Waals surface area contributed by atoms with Gasteiger partial charge in [-0.25, -0.2) is 9.59 Å². The Morgan fingerprint density at radius 3 is 2.39 bits per heavy atom. The first-order valence-corrected chi connectivity index (χ1v) is 17.2. The van der Waals surface area contributed by atoms with Crippen molar-refractivity contribution in [3.05, 3.63) is 23.3 Å². The zero-order valence-electron chi connectivity index (χ0n) is 28.7. The first-order valence-electron chi connectivity index (χ1n) is 17.2. The molecule has 46 heavy (non-hydrogen) atoms. The molecule has 5 rings (SSSR count). The van der Waals surface area contributed by atoms with E-state index in [1.54, 1.807) is 13.8 Å². The Kier molecular flexibility index (Phi) is 10.3. The van der Waals surface area contributed by atoms with E-state index >= 15 is 0 Å². The van der Waals surface area contributed by atoms with E-state index in [0.717, 1.165) is 50.5 Å². The van der Waals surface area contributed by atoms with Crippen LogP contribution in [0.1, 0.15) is 98.8 Å². The zero-order valence-corrected chi connectivity index (χ0v) is 28.7. The van der Waals surface area contributed by atoms with Gasteiger partial charge in [-0.1, -0.05) is 44.1 Å². The lowest BCUT2D eigenvalue weighted by Gasteiger charge is -2.57. The van der Waals surface area contributed by atoms with Crippen molar-refractivity contribution in [2.45, 2.75) is 129 Å². The molecule has 0 spiro atoms. The second-order valence-corrected chi connectivity index (χ2v) is 15.1. The summed E-state index contributed by atoms with van der Waals surface area (Å²) in [4.78, 5) is 37.8. The van der Waals surface area contributed by atoms with Crippen LogP contribution in [0.5, 0.6) is 0 Å². The summed E-state index contributed by atoms with van der Waals surface area (Å²) in [5, 5.41) is 11.5. The number of fused-ring (bicyclic) bond motifs is 5. The van der Waals surface area contributed by atoms with Gasteiger partial charge >= 0.3 is 12.3 Å². The van der Waals surface area contributed by atoms with Gasteiger partial charge in [-0.3, -0.25) is 4.79 Å². The van der Waals surface area contributed by atoms with Gasteiger partial charge in [-0.15, -0.1) is 0 Å². The molecule has 4 aliphatic carbocycles. The molecule has 3 saturated carbocycles. The summed E-state index contributed by atoms with van der Waals surface area (Å²) in [5.74, 6) is 0.539. The number of ether oxygens (including phenoxy) is 6. The third-order valence-electron chi connectivity index (χ3n) is 12.4. The van der Waals surface area contributed by atoms with Gasteiger partial charge in [-0.2, -0.15) is 0 Å². The Morgan fingerprint density at radius 2 is 1.72 bits per heavy atom. The van der Waals surface area contributed by atoms with E-state index < -0.39 is 41.6 Å². The number of hydrogen-bond donors (Lipinski definition) is 1. The molecular formula is C36H54O10. The number of ketones is 1. The second kappa shape index (κ2) is 13.6. The van der Waals surface area contributed by atoms with Crippen molar-refractivity contribution in [2.24, 2.45) is 34.5 Å². The van der Waals surface area contributed by atoms with Crippen molar-refractivity contribution >= 4 is 18.1 Å². The van der Waals surface area contributed by atoms with Crippen molar-refractivity contribution in [2.75, 3.05) is 20.8 Å². The Labute approximate surface area is 273 Å². The number of rotatable bonds is 9. The molecule has 1 heterocycles. The summed E-state index contributed by atoms with van der Waals surface area (Å²) in [6, 6.07) is 0. The van der Waals surface area contributed by atoms with E-state index in [-0.39, 0.29) is 41.7 Å². The number of aliphatic hydroxyl groups excluding tert-OH is 1. The molecule has 4 fully saturated rings. The monoisotopic (exact) mass is 646 g/mol. The van der Waals surface area contributed by atoms with Gasteiger partial charge in [0.2, 0.25) is 0 Å². The molecule has 0 bridgehead atoms. The molecule has 0 radical (unpaired) electrons. The van der Waals surface area contributed by atoms with Crippen molar-refractivity contribution in [3.8, 4) is 0 Å². The van der Waals surface area contributed by atoms with E-state index in [0.29, 0.717) is 25.4 Å². The zero-order chi connectivity index (χ0) is 33.4. The van der Waals surface area contributed by atoms with E-state index in [2.05, 4.69) is 32.9 Å². The van der Waals surface area contributed by atoms with Crippen LogP contribution in [-0.2, 0) is 33.2 Å². The van der Waals surface area contributed by atoms with E-state index in [4.69, 9.17) is 28.4 Å². The molecule has 258 valence electrons. The standard InChI is InChI=1S/C36H54O10/c1-21(28(37)20-29(38)34(2,3)46-31-10-8-9-17-43-31)25-13-14-26-24-12-11-22-18-23(44-32(39)41-6)19-30(45-33(40)42-7)36(22,5)27(24)15-16-35(25,26)4/h11-12,21,23,25-28,30-31,37H,8-10,13-20H2,1-7H3/t21-,23+,25+,26-,27-,28-,30-,31?,35+,36-/m0/s1. The Hall–Kier alpha value is -2.43. The normalized spacial score (nSPS) is 36.9. The summed E-state index contributed by atoms with van der Waals surface area (Å²) in [6.45, 7) is 10.8. The summed E-state index contributed by atoms with van der Waals surface area (Å²) in [6.07, 6.45) is 8.31. The third kappa shape index (κ3) is 6.50. The van der Waals surface area contributed by atoms with Gasteiger partial charge in [-0.05, 0) is 87.9 Å². The maximum atomic E-state index is 13.4. The smallest absolute Gasteiger partial charge is 0.438 e. The fourth-order valence-electron chi connectivity index (χ4n) is 9.61. The van der Waals surface area contributed by atoms with Gasteiger partial charge in [0.15, 0.2) is 12.1 Å². The molecule has 0 aromatic rings. The molecule has 1 N–H and O–H groups in total. The Balaban J connectivity index is 1.32. The minimum absolute atomic E-state index is 0.0423. The van der Waals surface area contributed by atoms with Crippen molar-refractivity contribution in [1.29, 1.82) is 0 Å². The number of methoxy groups -OCH3 is 2. The molecule has 0 aromatic carbocycles. The number of carbonyl (C=O) groups is 3. The first kappa shape index (κ1) is 34.9. The number of aliphatic hydroxyl groups is 1. The summed E-state index contributed by atoms with van der Waals surface area (Å²) in [5.41, 5.74) is 0.921. The van der Waals surface area contributed by atoms with Gasteiger partial charge in [0.25, 0.3) is 0 Å². The van der Waals surface area contributed by atoms with Crippen LogP contribution in [-0.4, -0.2) is 74.2 Å². The fraction of sp³-hybridized carbons (Fsp3) is 0.806. The number of carbonyl (C=O) groups excluding carboxylic acids is 3. The van der Waals surface area contributed by atoms with Crippen molar-refractivity contribution in [1.82, 2.24) is 0 Å². The average Bonchev–Trinajstić information content (AvgIpc) is 3.38. The van der Waals surface area contributed by atoms with Crippen LogP contribution in [0.2, 0.25) is 0 Å². The highest BCUT2D eigenvalue weighted by molar-refractivity contribution is 5.86. The van der Waals surface area contributed by atoms with Gasteiger partial charge in [0.1, 0.15) is 17.8 Å². The lowest BCUT2D eigenvalue weighted by atomic mass is 9.49. The van der Waals surface area contributed by atoms with Crippen molar-refractivity contribution in [3.63, 3.8) is 0 Å². The number of allylic oxidation sites excluding steroid dienone is 3. The number of hydrogen-bond acceptors (Lipinski definition) is 10. The fourth-order valence-corrected chi connectivity index (χ4v) is 9.61. The maximum absolute atomic E-state index is 13.4. The molecule has 1 saturated heterocycles. The summed E-state index contributed by atoms with van der Waals surface area (Å²) in [7, 11) is 2.58. The average molecular weight is 647 g/mol. The quantitative estimate of drug-likeness (QED) is 0.271. The molecular weight excluding hydrogens is 592 g/mol. The topological polar surface area (TPSA) is 127 Å². The highest BCUT2D eigenvalue weighted by Gasteiger charge is 2.60. The summed E-state index contributed by atoms with van der Waals surface area (Å²) >= 11 is 0. The van der Waals surface area contributed by atoms with E-state index in [1.807, 2.05) is 0 Å². The first-order chi connectivity index (χ1) is 21.7. The molecule has 10 atom stereocenters. The lowest BCUT2D eigenvalue weighted by Crippen LogP contribution is -2.54. The predicted molar refractivity (Wildman–Crippen MR) is 169 cm³/mol. The van der Waals surface area contributed by atoms with Crippen LogP contribution in [0.4, 0.5) is 9.59 Å². The maximum Gasteiger partial charge on any atom is 0.508 e.